The number of carbonyl (C=O) groups is 1. The first-order chi connectivity index (χ1) is 9.81. The van der Waals surface area contributed by atoms with Gasteiger partial charge >= 0.3 is 0 Å². The van der Waals surface area contributed by atoms with Gasteiger partial charge in [0, 0.05) is 18.7 Å². The summed E-state index contributed by atoms with van der Waals surface area (Å²) in [5, 5.41) is 10.2. The number of aromatic nitrogens is 3. The van der Waals surface area contributed by atoms with Crippen LogP contribution in [0.2, 0.25) is 0 Å². The summed E-state index contributed by atoms with van der Waals surface area (Å²) in [6.07, 6.45) is 4.16. The zero-order valence-corrected chi connectivity index (χ0v) is 11.5. The fraction of sp³-hybridized carbons (Fsp3) is 0.357. The van der Waals surface area contributed by atoms with Crippen molar-refractivity contribution >= 4 is 5.91 Å². The van der Waals surface area contributed by atoms with Crippen LogP contribution in [0.25, 0.3) is 5.69 Å². The van der Waals surface area contributed by atoms with Crippen LogP contribution in [0.1, 0.15) is 23.7 Å². The zero-order chi connectivity index (χ0) is 14.2. The number of hydrogen-bond donors (Lipinski definition) is 2. The molecule has 1 heterocycles. The summed E-state index contributed by atoms with van der Waals surface area (Å²) in [6, 6.07) is 7.30. The Labute approximate surface area is 118 Å². The van der Waals surface area contributed by atoms with Gasteiger partial charge in [-0.2, -0.15) is 5.10 Å². The standard InChI is InChI=1S/C14H19N5O/c1-2-6-15-7-8-17-14(20)12-4-3-5-13(9-12)19-11-16-10-18-19/h3-5,9-11,15H,2,6-8H2,1H3,(H,17,20). The van der Waals surface area contributed by atoms with Crippen LogP contribution in [0.5, 0.6) is 0 Å². The van der Waals surface area contributed by atoms with E-state index in [1.165, 1.54) is 6.33 Å². The van der Waals surface area contributed by atoms with E-state index in [0.717, 1.165) is 25.2 Å². The number of hydrogen-bond acceptors (Lipinski definition) is 4. The van der Waals surface area contributed by atoms with Gasteiger partial charge in [0.1, 0.15) is 12.7 Å². The molecular formula is C14H19N5O. The second kappa shape index (κ2) is 7.40. The van der Waals surface area contributed by atoms with E-state index in [0.29, 0.717) is 12.1 Å². The van der Waals surface area contributed by atoms with Crippen LogP contribution in [0.4, 0.5) is 0 Å². The summed E-state index contributed by atoms with van der Waals surface area (Å²) >= 11 is 0. The Bertz CT molecular complexity index is 538. The number of carbonyl (C=O) groups excluding carboxylic acids is 1. The van der Waals surface area contributed by atoms with Crippen LogP contribution in [0, 0.1) is 0 Å². The van der Waals surface area contributed by atoms with Gasteiger partial charge in [0.05, 0.1) is 5.69 Å². The molecule has 0 bridgehead atoms. The van der Waals surface area contributed by atoms with Gasteiger partial charge in [-0.25, -0.2) is 9.67 Å². The molecule has 0 aliphatic rings. The molecule has 1 aromatic carbocycles. The lowest BCUT2D eigenvalue weighted by molar-refractivity contribution is 0.0954. The van der Waals surface area contributed by atoms with Gasteiger partial charge in [0.15, 0.2) is 0 Å². The number of rotatable bonds is 7. The van der Waals surface area contributed by atoms with Crippen LogP contribution in [0.3, 0.4) is 0 Å². The van der Waals surface area contributed by atoms with Gasteiger partial charge in [-0.15, -0.1) is 0 Å². The predicted octanol–water partition coefficient (Wildman–Crippen LogP) is 0.997. The Morgan fingerprint density at radius 2 is 2.20 bits per heavy atom. The van der Waals surface area contributed by atoms with Crippen molar-refractivity contribution in [1.29, 1.82) is 0 Å². The third-order valence-electron chi connectivity index (χ3n) is 2.81. The minimum Gasteiger partial charge on any atom is -0.351 e. The Morgan fingerprint density at radius 3 is 2.95 bits per heavy atom. The van der Waals surface area contributed by atoms with E-state index in [9.17, 15) is 4.79 Å². The first-order valence-electron chi connectivity index (χ1n) is 6.75. The van der Waals surface area contributed by atoms with Gasteiger partial charge in [-0.3, -0.25) is 4.79 Å². The minimum absolute atomic E-state index is 0.0785. The molecule has 6 nitrogen and oxygen atoms in total. The molecule has 20 heavy (non-hydrogen) atoms. The van der Waals surface area contributed by atoms with Gasteiger partial charge in [-0.1, -0.05) is 13.0 Å². The van der Waals surface area contributed by atoms with Crippen molar-refractivity contribution in [3.63, 3.8) is 0 Å². The lowest BCUT2D eigenvalue weighted by Gasteiger charge is -2.07. The number of amides is 1. The molecule has 2 aromatic rings. The predicted molar refractivity (Wildman–Crippen MR) is 76.9 cm³/mol. The van der Waals surface area contributed by atoms with Crippen LogP contribution in [-0.4, -0.2) is 40.3 Å². The lowest BCUT2D eigenvalue weighted by atomic mass is 10.2. The summed E-state index contributed by atoms with van der Waals surface area (Å²) in [5.74, 6) is -0.0785. The van der Waals surface area contributed by atoms with Gasteiger partial charge in [0.2, 0.25) is 0 Å². The van der Waals surface area contributed by atoms with Crippen LogP contribution in [-0.2, 0) is 0 Å². The third-order valence-corrected chi connectivity index (χ3v) is 2.81. The van der Waals surface area contributed by atoms with E-state index in [2.05, 4.69) is 27.6 Å². The first kappa shape index (κ1) is 14.2. The van der Waals surface area contributed by atoms with E-state index >= 15 is 0 Å². The average molecular weight is 273 g/mol. The molecule has 0 fully saturated rings. The fourth-order valence-corrected chi connectivity index (χ4v) is 1.80. The van der Waals surface area contributed by atoms with E-state index in [-0.39, 0.29) is 5.91 Å². The molecule has 0 unspecified atom stereocenters. The second-order valence-electron chi connectivity index (χ2n) is 4.40. The van der Waals surface area contributed by atoms with E-state index in [1.807, 2.05) is 12.1 Å². The second-order valence-corrected chi connectivity index (χ2v) is 4.40. The maximum atomic E-state index is 12.0. The molecule has 0 aliphatic carbocycles. The molecule has 1 amide bonds. The van der Waals surface area contributed by atoms with Gasteiger partial charge < -0.3 is 10.6 Å². The molecule has 0 radical (unpaired) electrons. The zero-order valence-electron chi connectivity index (χ0n) is 11.5. The van der Waals surface area contributed by atoms with Crippen molar-refractivity contribution in [3.8, 4) is 5.69 Å². The summed E-state index contributed by atoms with van der Waals surface area (Å²) in [6.45, 7) is 4.48. The number of nitrogens with one attached hydrogen (secondary N) is 2. The van der Waals surface area contributed by atoms with Crippen molar-refractivity contribution in [2.24, 2.45) is 0 Å². The largest absolute Gasteiger partial charge is 0.351 e. The molecule has 0 aliphatic heterocycles. The maximum absolute atomic E-state index is 12.0. The quantitative estimate of drug-likeness (QED) is 0.738. The summed E-state index contributed by atoms with van der Waals surface area (Å²) in [7, 11) is 0. The molecule has 2 rings (SSSR count). The van der Waals surface area contributed by atoms with Crippen molar-refractivity contribution < 1.29 is 4.79 Å². The maximum Gasteiger partial charge on any atom is 0.251 e. The molecule has 0 saturated heterocycles. The van der Waals surface area contributed by atoms with Crippen molar-refractivity contribution in [2.45, 2.75) is 13.3 Å². The summed E-state index contributed by atoms with van der Waals surface area (Å²) < 4.78 is 1.62. The van der Waals surface area contributed by atoms with E-state index in [4.69, 9.17) is 0 Å². The molecule has 0 atom stereocenters. The Morgan fingerprint density at radius 1 is 1.30 bits per heavy atom. The van der Waals surface area contributed by atoms with Gasteiger partial charge in [-0.05, 0) is 31.2 Å². The average Bonchev–Trinajstić information content (AvgIpc) is 3.01. The normalized spacial score (nSPS) is 10.4. The molecule has 1 aromatic heterocycles. The highest BCUT2D eigenvalue weighted by atomic mass is 16.1. The first-order valence-corrected chi connectivity index (χ1v) is 6.75. The highest BCUT2D eigenvalue weighted by Gasteiger charge is 2.06. The monoisotopic (exact) mass is 273 g/mol. The van der Waals surface area contributed by atoms with Crippen LogP contribution in [0.15, 0.2) is 36.9 Å². The van der Waals surface area contributed by atoms with Gasteiger partial charge in [0.25, 0.3) is 5.91 Å². The van der Waals surface area contributed by atoms with Crippen molar-refractivity contribution in [2.75, 3.05) is 19.6 Å². The molecule has 106 valence electrons. The van der Waals surface area contributed by atoms with Crippen molar-refractivity contribution in [3.05, 3.63) is 42.5 Å². The number of benzene rings is 1. The summed E-state index contributed by atoms with van der Waals surface area (Å²) in [5.41, 5.74) is 1.44. The number of nitrogens with zero attached hydrogens (tertiary/aromatic N) is 3. The SMILES string of the molecule is CCCNCCNC(=O)c1cccc(-n2cncn2)c1. The van der Waals surface area contributed by atoms with E-state index in [1.54, 1.807) is 23.1 Å². The summed E-state index contributed by atoms with van der Waals surface area (Å²) in [4.78, 5) is 15.9. The van der Waals surface area contributed by atoms with Crippen molar-refractivity contribution in [1.82, 2.24) is 25.4 Å². The highest BCUT2D eigenvalue weighted by Crippen LogP contribution is 2.08. The fourth-order valence-electron chi connectivity index (χ4n) is 1.80. The smallest absolute Gasteiger partial charge is 0.251 e. The topological polar surface area (TPSA) is 71.8 Å². The Balaban J connectivity index is 1.92. The Hall–Kier alpha value is -2.21. The molecule has 6 heteroatoms. The highest BCUT2D eigenvalue weighted by molar-refractivity contribution is 5.94. The lowest BCUT2D eigenvalue weighted by Crippen LogP contribution is -2.32. The Kier molecular flexibility index (Phi) is 5.25. The molecule has 0 saturated carbocycles. The van der Waals surface area contributed by atoms with Crippen LogP contribution >= 0.6 is 0 Å². The third kappa shape index (κ3) is 3.89. The van der Waals surface area contributed by atoms with Crippen LogP contribution < -0.4 is 10.6 Å². The molecular weight excluding hydrogens is 254 g/mol. The van der Waals surface area contributed by atoms with E-state index < -0.39 is 0 Å². The minimum atomic E-state index is -0.0785. The molecule has 0 spiro atoms. The molecule has 2 N–H and O–H groups in total.